The first-order valence-corrected chi connectivity index (χ1v) is 9.81. The summed E-state index contributed by atoms with van der Waals surface area (Å²) in [5.74, 6) is 0. The number of rotatable bonds is 10. The van der Waals surface area contributed by atoms with Crippen LogP contribution in [0.1, 0.15) is 59.8 Å². The summed E-state index contributed by atoms with van der Waals surface area (Å²) in [7, 11) is 1.73. The van der Waals surface area contributed by atoms with E-state index >= 15 is 0 Å². The summed E-state index contributed by atoms with van der Waals surface area (Å²) < 4.78 is 0. The van der Waals surface area contributed by atoms with Gasteiger partial charge in [0.05, 0.1) is 12.7 Å². The molecule has 1 aliphatic carbocycles. The summed E-state index contributed by atoms with van der Waals surface area (Å²) in [4.78, 5) is 0. The lowest BCUT2D eigenvalue weighted by molar-refractivity contribution is 0.280. The molecule has 0 radical (unpaired) electrons. The molecule has 26 heavy (non-hydrogen) atoms. The fourth-order valence-corrected chi connectivity index (χ4v) is 2.92. The van der Waals surface area contributed by atoms with Crippen molar-refractivity contribution < 1.29 is 0 Å². The number of hydrogen-bond donors (Lipinski definition) is 1. The molecule has 0 amide bonds. The molecule has 1 aliphatic rings. The molecule has 0 aromatic heterocycles. The van der Waals surface area contributed by atoms with Crippen LogP contribution in [0.5, 0.6) is 0 Å². The van der Waals surface area contributed by atoms with Crippen LogP contribution in [0, 0.1) is 0 Å². The van der Waals surface area contributed by atoms with Crippen molar-refractivity contribution >= 4 is 0 Å². The summed E-state index contributed by atoms with van der Waals surface area (Å²) in [5, 5.41) is 14.2. The van der Waals surface area contributed by atoms with Crippen molar-refractivity contribution in [1.82, 2.24) is 10.3 Å². The Balaban J connectivity index is 3.27. The van der Waals surface area contributed by atoms with Crippen molar-refractivity contribution in [3.63, 3.8) is 0 Å². The average Bonchev–Trinajstić information content (AvgIpc) is 2.86. The van der Waals surface area contributed by atoms with Crippen molar-refractivity contribution in [1.29, 1.82) is 0 Å². The minimum Gasteiger partial charge on any atom is -0.384 e. The van der Waals surface area contributed by atoms with Gasteiger partial charge in [-0.2, -0.15) is 5.11 Å². The van der Waals surface area contributed by atoms with Gasteiger partial charge in [0.25, 0.3) is 0 Å². The standard InChI is InChI=1S/C22H36N4/c1-6-8-11-17-22(26(19(3)4)25-23-5)20-15-12-10-13-16-21(20)24-18-14-9-7-2/h6-9,13,16-17,19,24H,10-12,14-15,18H2,1-5H3/b8-6-,9-7-,22-17+,25-23?. The van der Waals surface area contributed by atoms with E-state index in [1.165, 1.54) is 17.0 Å². The number of hydrogen-bond acceptors (Lipinski definition) is 3. The highest BCUT2D eigenvalue weighted by molar-refractivity contribution is 5.40. The molecule has 4 heteroatoms. The Morgan fingerprint density at radius 3 is 2.69 bits per heavy atom. The SMILES string of the molecule is C/C=C\C/C=C(\C1=C(NCC/C=C\C)C=CCCC1)N(N=NC)C(C)C. The van der Waals surface area contributed by atoms with Crippen LogP contribution in [0.15, 0.2) is 69.8 Å². The molecule has 1 rings (SSSR count). The van der Waals surface area contributed by atoms with Crippen LogP contribution in [-0.4, -0.2) is 24.6 Å². The Kier molecular flexibility index (Phi) is 11.1. The van der Waals surface area contributed by atoms with Crippen LogP contribution in [0.4, 0.5) is 0 Å². The highest BCUT2D eigenvalue weighted by Crippen LogP contribution is 2.29. The van der Waals surface area contributed by atoms with Gasteiger partial charge in [-0.3, -0.25) is 0 Å². The number of nitrogens with zero attached hydrogens (tertiary/aromatic N) is 3. The summed E-state index contributed by atoms with van der Waals surface area (Å²) in [6, 6.07) is 0.250. The maximum atomic E-state index is 4.42. The lowest BCUT2D eigenvalue weighted by Gasteiger charge is -2.28. The molecule has 144 valence electrons. The molecule has 0 atom stereocenters. The van der Waals surface area contributed by atoms with Crippen molar-refractivity contribution in [3.8, 4) is 0 Å². The van der Waals surface area contributed by atoms with Gasteiger partial charge in [0, 0.05) is 23.9 Å². The Labute approximate surface area is 160 Å². The molecule has 0 aromatic rings. The maximum absolute atomic E-state index is 4.42. The molecular formula is C22H36N4. The molecule has 0 spiro atoms. The van der Waals surface area contributed by atoms with E-state index in [2.05, 4.69) is 85.9 Å². The van der Waals surface area contributed by atoms with Gasteiger partial charge in [-0.1, -0.05) is 41.7 Å². The lowest BCUT2D eigenvalue weighted by atomic mass is 10.0. The van der Waals surface area contributed by atoms with E-state index in [1.807, 2.05) is 5.01 Å². The first kappa shape index (κ1) is 21.9. The second kappa shape index (κ2) is 13.2. The van der Waals surface area contributed by atoms with Crippen LogP contribution in [0.3, 0.4) is 0 Å². The Hall–Kier alpha value is -2.10. The number of nitrogens with one attached hydrogen (secondary N) is 1. The molecule has 4 nitrogen and oxygen atoms in total. The second-order valence-electron chi connectivity index (χ2n) is 6.59. The molecule has 0 unspecified atom stereocenters. The molecule has 1 N–H and O–H groups in total. The molecule has 0 bridgehead atoms. The molecule has 0 aliphatic heterocycles. The summed E-state index contributed by atoms with van der Waals surface area (Å²) >= 11 is 0. The summed E-state index contributed by atoms with van der Waals surface area (Å²) in [5.41, 5.74) is 3.73. The first-order valence-electron chi connectivity index (χ1n) is 9.81. The van der Waals surface area contributed by atoms with E-state index in [1.54, 1.807) is 7.05 Å². The van der Waals surface area contributed by atoms with Gasteiger partial charge in [0.2, 0.25) is 0 Å². The quantitative estimate of drug-likeness (QED) is 0.222. The Bertz CT molecular complexity index is 577. The fraction of sp³-hybridized carbons (Fsp3) is 0.545. The highest BCUT2D eigenvalue weighted by Gasteiger charge is 2.20. The predicted octanol–water partition coefficient (Wildman–Crippen LogP) is 6.09. The van der Waals surface area contributed by atoms with E-state index in [4.69, 9.17) is 0 Å². The van der Waals surface area contributed by atoms with Crippen molar-refractivity contribution in [3.05, 3.63) is 59.5 Å². The molecule has 0 saturated carbocycles. The van der Waals surface area contributed by atoms with Crippen LogP contribution < -0.4 is 5.32 Å². The van der Waals surface area contributed by atoms with Gasteiger partial charge in [0.15, 0.2) is 0 Å². The van der Waals surface area contributed by atoms with E-state index in [9.17, 15) is 0 Å². The van der Waals surface area contributed by atoms with E-state index < -0.39 is 0 Å². The molecule has 0 aromatic carbocycles. The van der Waals surface area contributed by atoms with Crippen molar-refractivity contribution in [2.45, 2.75) is 65.8 Å². The van der Waals surface area contributed by atoms with Gasteiger partial charge < -0.3 is 5.32 Å². The minimum absolute atomic E-state index is 0.250. The molecule has 0 fully saturated rings. The number of allylic oxidation sites excluding steroid dienone is 7. The van der Waals surface area contributed by atoms with Gasteiger partial charge in [-0.15, -0.1) is 0 Å². The van der Waals surface area contributed by atoms with Crippen molar-refractivity contribution in [2.75, 3.05) is 13.6 Å². The Morgan fingerprint density at radius 1 is 1.27 bits per heavy atom. The topological polar surface area (TPSA) is 40.0 Å². The lowest BCUT2D eigenvalue weighted by Crippen LogP contribution is -2.27. The highest BCUT2D eigenvalue weighted by atomic mass is 15.6. The average molecular weight is 357 g/mol. The Morgan fingerprint density at radius 2 is 2.04 bits per heavy atom. The van der Waals surface area contributed by atoms with Gasteiger partial charge in [-0.25, -0.2) is 5.01 Å². The third-order valence-corrected chi connectivity index (χ3v) is 4.18. The van der Waals surface area contributed by atoms with Crippen LogP contribution in [0.25, 0.3) is 0 Å². The fourth-order valence-electron chi connectivity index (χ4n) is 2.92. The van der Waals surface area contributed by atoms with Gasteiger partial charge >= 0.3 is 0 Å². The van der Waals surface area contributed by atoms with Crippen molar-refractivity contribution in [2.24, 2.45) is 10.3 Å². The summed E-state index contributed by atoms with van der Waals surface area (Å²) in [6.07, 6.45) is 20.6. The van der Waals surface area contributed by atoms with Crippen LogP contribution >= 0.6 is 0 Å². The largest absolute Gasteiger partial charge is 0.384 e. The van der Waals surface area contributed by atoms with Gasteiger partial charge in [-0.05, 0) is 65.9 Å². The van der Waals surface area contributed by atoms with E-state index in [0.29, 0.717) is 0 Å². The zero-order valence-corrected chi connectivity index (χ0v) is 17.2. The van der Waals surface area contributed by atoms with Gasteiger partial charge in [0.1, 0.15) is 0 Å². The smallest absolute Gasteiger partial charge is 0.0629 e. The normalized spacial score (nSPS) is 16.5. The van der Waals surface area contributed by atoms with Crippen LogP contribution in [-0.2, 0) is 0 Å². The third-order valence-electron chi connectivity index (χ3n) is 4.18. The molecule has 0 heterocycles. The zero-order chi connectivity index (χ0) is 19.2. The zero-order valence-electron chi connectivity index (χ0n) is 17.2. The molecule has 0 saturated heterocycles. The predicted molar refractivity (Wildman–Crippen MR) is 113 cm³/mol. The summed E-state index contributed by atoms with van der Waals surface area (Å²) in [6.45, 7) is 9.37. The maximum Gasteiger partial charge on any atom is 0.0629 e. The monoisotopic (exact) mass is 356 g/mol. The minimum atomic E-state index is 0.250. The molecular weight excluding hydrogens is 320 g/mol. The third kappa shape index (κ3) is 7.42. The van der Waals surface area contributed by atoms with E-state index in [0.717, 1.165) is 38.6 Å². The second-order valence-corrected chi connectivity index (χ2v) is 6.59. The van der Waals surface area contributed by atoms with Crippen LogP contribution in [0.2, 0.25) is 0 Å². The van der Waals surface area contributed by atoms with E-state index in [-0.39, 0.29) is 6.04 Å². The first-order chi connectivity index (χ1) is 12.7.